The quantitative estimate of drug-likeness (QED) is 0.370. The van der Waals surface area contributed by atoms with Gasteiger partial charge in [-0.25, -0.2) is 4.79 Å². The lowest BCUT2D eigenvalue weighted by Crippen LogP contribution is -2.48. The van der Waals surface area contributed by atoms with Crippen LogP contribution in [0.3, 0.4) is 0 Å². The first-order valence-corrected chi connectivity index (χ1v) is 14.5. The molecular weight excluding hydrogens is 486 g/mol. The fraction of sp³-hybridized carbons (Fsp3) is 0.552. The molecule has 0 spiro atoms. The summed E-state index contributed by atoms with van der Waals surface area (Å²) in [6, 6.07) is 10.0. The predicted octanol–water partition coefficient (Wildman–Crippen LogP) is 6.39. The van der Waals surface area contributed by atoms with E-state index in [1.807, 2.05) is 18.2 Å². The maximum Gasteiger partial charge on any atom is 0.348 e. The molecule has 0 atom stereocenters. The molecule has 8 heteroatoms. The smallest absolute Gasteiger partial charge is 0.348 e. The number of amides is 2. The Bertz CT molecular complexity index is 1050. The van der Waals surface area contributed by atoms with E-state index in [4.69, 9.17) is 4.74 Å². The molecule has 2 amide bonds. The molecule has 1 aromatic carbocycles. The molecule has 1 heterocycles. The third-order valence-corrected chi connectivity index (χ3v) is 8.72. The molecule has 7 nitrogen and oxygen atoms in total. The fourth-order valence-electron chi connectivity index (χ4n) is 5.70. The molecule has 2 saturated carbocycles. The molecule has 2 aliphatic rings. The van der Waals surface area contributed by atoms with Gasteiger partial charge in [0.05, 0.1) is 18.7 Å². The van der Waals surface area contributed by atoms with Crippen molar-refractivity contribution >= 4 is 39.8 Å². The molecule has 2 aromatic rings. The number of nitrogens with zero attached hydrogens (tertiary/aromatic N) is 1. The standard InChI is InChI=1S/C29H39N3O4S/c1-3-36-29(35)26-20(2)25(27(34)30-21-13-7-4-8-14-21)28(37-26)31-24(33)19-32(22-15-9-5-10-16-22)23-17-11-6-12-18-23/h4,7-8,13-14,22-23H,3,5-6,9-12,15-19H2,1-2H3,(H,30,34)(H,31,33). The first-order chi connectivity index (χ1) is 18.0. The Morgan fingerprint density at radius 1 is 0.919 bits per heavy atom. The van der Waals surface area contributed by atoms with Gasteiger partial charge in [-0.1, -0.05) is 56.7 Å². The molecule has 0 aliphatic heterocycles. The Kier molecular flexibility index (Phi) is 9.75. The fourth-order valence-corrected chi connectivity index (χ4v) is 6.81. The van der Waals surface area contributed by atoms with Gasteiger partial charge in [-0.3, -0.25) is 14.5 Å². The van der Waals surface area contributed by atoms with E-state index in [-0.39, 0.29) is 18.4 Å². The van der Waals surface area contributed by atoms with E-state index in [0.29, 0.717) is 45.3 Å². The Labute approximate surface area is 224 Å². The Balaban J connectivity index is 1.56. The third kappa shape index (κ3) is 6.99. The minimum absolute atomic E-state index is 0.137. The lowest BCUT2D eigenvalue weighted by atomic mass is 9.88. The van der Waals surface area contributed by atoms with E-state index in [1.54, 1.807) is 26.0 Å². The molecule has 2 aliphatic carbocycles. The van der Waals surface area contributed by atoms with Crippen molar-refractivity contribution in [2.75, 3.05) is 23.8 Å². The van der Waals surface area contributed by atoms with Crippen LogP contribution >= 0.6 is 11.3 Å². The maximum absolute atomic E-state index is 13.5. The lowest BCUT2D eigenvalue weighted by Gasteiger charge is -2.41. The van der Waals surface area contributed by atoms with Gasteiger partial charge in [-0.2, -0.15) is 0 Å². The van der Waals surface area contributed by atoms with Crippen LogP contribution in [0.1, 0.15) is 96.7 Å². The highest BCUT2D eigenvalue weighted by Crippen LogP contribution is 2.35. The summed E-state index contributed by atoms with van der Waals surface area (Å²) in [4.78, 5) is 42.2. The molecule has 0 bridgehead atoms. The van der Waals surface area contributed by atoms with Gasteiger partial charge in [0.25, 0.3) is 5.91 Å². The highest BCUT2D eigenvalue weighted by Gasteiger charge is 2.32. The zero-order valence-corrected chi connectivity index (χ0v) is 22.8. The number of thiophene rings is 1. The molecule has 0 unspecified atom stereocenters. The van der Waals surface area contributed by atoms with Crippen molar-refractivity contribution in [1.29, 1.82) is 0 Å². The Morgan fingerprint density at radius 2 is 1.51 bits per heavy atom. The van der Waals surface area contributed by atoms with Crippen LogP contribution in [-0.4, -0.2) is 47.9 Å². The van der Waals surface area contributed by atoms with Crippen molar-refractivity contribution in [2.24, 2.45) is 0 Å². The van der Waals surface area contributed by atoms with Crippen molar-refractivity contribution in [3.8, 4) is 0 Å². The van der Waals surface area contributed by atoms with E-state index in [1.165, 1.54) is 38.5 Å². The van der Waals surface area contributed by atoms with Crippen molar-refractivity contribution in [3.63, 3.8) is 0 Å². The van der Waals surface area contributed by atoms with Gasteiger partial charge in [0.2, 0.25) is 5.91 Å². The van der Waals surface area contributed by atoms with Crippen LogP contribution in [0.25, 0.3) is 0 Å². The number of anilines is 2. The first-order valence-electron chi connectivity index (χ1n) is 13.7. The Morgan fingerprint density at radius 3 is 2.08 bits per heavy atom. The minimum atomic E-state index is -0.481. The second-order valence-corrected chi connectivity index (χ2v) is 11.1. The molecule has 0 saturated heterocycles. The predicted molar refractivity (Wildman–Crippen MR) is 148 cm³/mol. The number of esters is 1. The molecule has 2 fully saturated rings. The molecule has 4 rings (SSSR count). The number of nitrogens with one attached hydrogen (secondary N) is 2. The summed E-state index contributed by atoms with van der Waals surface area (Å²) in [5, 5.41) is 6.30. The van der Waals surface area contributed by atoms with Gasteiger partial charge in [0.15, 0.2) is 0 Å². The highest BCUT2D eigenvalue weighted by molar-refractivity contribution is 7.18. The summed E-state index contributed by atoms with van der Waals surface area (Å²) in [7, 11) is 0. The van der Waals surface area contributed by atoms with E-state index < -0.39 is 5.97 Å². The number of rotatable bonds is 9. The Hall–Kier alpha value is -2.71. The second kappa shape index (κ2) is 13.2. The molecule has 0 radical (unpaired) electrons. The summed E-state index contributed by atoms with van der Waals surface area (Å²) in [6.07, 6.45) is 12.0. The summed E-state index contributed by atoms with van der Waals surface area (Å²) in [6.45, 7) is 4.02. The van der Waals surface area contributed by atoms with Crippen LogP contribution in [0.15, 0.2) is 30.3 Å². The third-order valence-electron chi connectivity index (χ3n) is 7.53. The maximum atomic E-state index is 13.5. The van der Waals surface area contributed by atoms with E-state index in [0.717, 1.165) is 37.0 Å². The number of hydrogen-bond donors (Lipinski definition) is 2. The highest BCUT2D eigenvalue weighted by atomic mass is 32.1. The van der Waals surface area contributed by atoms with Gasteiger partial charge in [-0.15, -0.1) is 11.3 Å². The van der Waals surface area contributed by atoms with Gasteiger partial charge in [-0.05, 0) is 57.2 Å². The molecular formula is C29H39N3O4S. The topological polar surface area (TPSA) is 87.7 Å². The average molecular weight is 526 g/mol. The van der Waals surface area contributed by atoms with Crippen molar-refractivity contribution in [1.82, 2.24) is 4.90 Å². The van der Waals surface area contributed by atoms with Gasteiger partial charge in [0, 0.05) is 17.8 Å². The first kappa shape index (κ1) is 27.3. The van der Waals surface area contributed by atoms with Crippen LogP contribution in [0.4, 0.5) is 10.7 Å². The van der Waals surface area contributed by atoms with Crippen molar-refractivity contribution < 1.29 is 19.1 Å². The molecule has 2 N–H and O–H groups in total. The van der Waals surface area contributed by atoms with Crippen LogP contribution in [0, 0.1) is 6.92 Å². The summed E-state index contributed by atoms with van der Waals surface area (Å²) in [5.41, 5.74) is 1.48. The van der Waals surface area contributed by atoms with Crippen LogP contribution in [-0.2, 0) is 9.53 Å². The van der Waals surface area contributed by atoms with Crippen LogP contribution in [0.5, 0.6) is 0 Å². The zero-order valence-electron chi connectivity index (χ0n) is 22.0. The molecule has 1 aromatic heterocycles. The van der Waals surface area contributed by atoms with Gasteiger partial charge in [0.1, 0.15) is 9.88 Å². The van der Waals surface area contributed by atoms with E-state index >= 15 is 0 Å². The largest absolute Gasteiger partial charge is 0.462 e. The minimum Gasteiger partial charge on any atom is -0.462 e. The number of benzene rings is 1. The van der Waals surface area contributed by atoms with E-state index in [2.05, 4.69) is 15.5 Å². The van der Waals surface area contributed by atoms with Gasteiger partial charge < -0.3 is 15.4 Å². The van der Waals surface area contributed by atoms with Crippen LogP contribution < -0.4 is 10.6 Å². The zero-order chi connectivity index (χ0) is 26.2. The SMILES string of the molecule is CCOC(=O)c1sc(NC(=O)CN(C2CCCCC2)C2CCCCC2)c(C(=O)Nc2ccccc2)c1C. The van der Waals surface area contributed by atoms with Crippen LogP contribution in [0.2, 0.25) is 0 Å². The number of carbonyl (C=O) groups excluding carboxylic acids is 3. The molecule has 37 heavy (non-hydrogen) atoms. The number of para-hydroxylation sites is 1. The lowest BCUT2D eigenvalue weighted by molar-refractivity contribution is -0.119. The number of ether oxygens (including phenoxy) is 1. The monoisotopic (exact) mass is 525 g/mol. The van der Waals surface area contributed by atoms with Gasteiger partial charge >= 0.3 is 5.97 Å². The normalized spacial score (nSPS) is 16.9. The second-order valence-electron chi connectivity index (χ2n) is 10.1. The number of hydrogen-bond acceptors (Lipinski definition) is 6. The van der Waals surface area contributed by atoms with E-state index in [9.17, 15) is 14.4 Å². The summed E-state index contributed by atoms with van der Waals surface area (Å²) >= 11 is 1.11. The summed E-state index contributed by atoms with van der Waals surface area (Å²) in [5.74, 6) is -0.978. The number of carbonyl (C=O) groups is 3. The summed E-state index contributed by atoms with van der Waals surface area (Å²) < 4.78 is 5.22. The molecule has 200 valence electrons. The van der Waals surface area contributed by atoms with Crippen molar-refractivity contribution in [2.45, 2.75) is 90.1 Å². The average Bonchev–Trinajstić information content (AvgIpc) is 3.24. The van der Waals surface area contributed by atoms with Crippen molar-refractivity contribution in [3.05, 3.63) is 46.3 Å².